The Morgan fingerprint density at radius 3 is 2.45 bits per heavy atom. The van der Waals surface area contributed by atoms with E-state index in [1.165, 1.54) is 11.1 Å². The molecule has 0 saturated carbocycles. The minimum atomic E-state index is 0.713. The van der Waals surface area contributed by atoms with Gasteiger partial charge in [-0.3, -0.25) is 4.68 Å². The topological polar surface area (TPSA) is 42.7 Å². The van der Waals surface area contributed by atoms with Gasteiger partial charge in [0.15, 0.2) is 5.82 Å². The fraction of sp³-hybridized carbons (Fsp3) is 0.500. The second-order valence-electron chi connectivity index (χ2n) is 5.68. The summed E-state index contributed by atoms with van der Waals surface area (Å²) in [7, 11) is 1.89. The maximum absolute atomic E-state index is 4.26. The van der Waals surface area contributed by atoms with Crippen LogP contribution in [0.2, 0.25) is 0 Å². The third-order valence-corrected chi connectivity index (χ3v) is 3.17. The van der Waals surface area contributed by atoms with E-state index >= 15 is 0 Å². The molecular weight excluding hydrogens is 248 g/mol. The number of hydrogen-bond donors (Lipinski definition) is 1. The van der Waals surface area contributed by atoms with Gasteiger partial charge in [-0.2, -0.15) is 5.10 Å². The van der Waals surface area contributed by atoms with Crippen LogP contribution >= 0.6 is 0 Å². The lowest BCUT2D eigenvalue weighted by Crippen LogP contribution is -2.17. The van der Waals surface area contributed by atoms with Gasteiger partial charge < -0.3 is 5.32 Å². The largest absolute Gasteiger partial charge is 0.312 e. The molecule has 20 heavy (non-hydrogen) atoms. The lowest BCUT2D eigenvalue weighted by atomic mass is 10.0. The molecule has 4 nitrogen and oxygen atoms in total. The van der Waals surface area contributed by atoms with Crippen molar-refractivity contribution in [3.63, 3.8) is 0 Å². The summed E-state index contributed by atoms with van der Waals surface area (Å²) in [5.41, 5.74) is 2.74. The van der Waals surface area contributed by atoms with Crippen molar-refractivity contribution in [3.05, 3.63) is 47.5 Å². The van der Waals surface area contributed by atoms with Crippen LogP contribution < -0.4 is 5.32 Å². The van der Waals surface area contributed by atoms with Gasteiger partial charge in [0.2, 0.25) is 0 Å². The second-order valence-corrected chi connectivity index (χ2v) is 5.68. The molecule has 1 N–H and O–H groups in total. The molecule has 1 aromatic heterocycles. The van der Waals surface area contributed by atoms with Crippen molar-refractivity contribution in [1.29, 1.82) is 0 Å². The van der Waals surface area contributed by atoms with Gasteiger partial charge in [-0.1, -0.05) is 38.1 Å². The predicted molar refractivity (Wildman–Crippen MR) is 81.4 cm³/mol. The minimum Gasteiger partial charge on any atom is -0.312 e. The average Bonchev–Trinajstić information content (AvgIpc) is 2.82. The lowest BCUT2D eigenvalue weighted by Gasteiger charge is -2.07. The molecule has 0 spiro atoms. The Labute approximate surface area is 121 Å². The fourth-order valence-electron chi connectivity index (χ4n) is 2.20. The van der Waals surface area contributed by atoms with E-state index in [1.54, 1.807) is 11.0 Å². The van der Waals surface area contributed by atoms with Crippen LogP contribution in [0.15, 0.2) is 30.6 Å². The molecule has 2 rings (SSSR count). The Hall–Kier alpha value is -1.68. The standard InChI is InChI=1S/C16H24N4/c1-13(2)10-14-4-6-15(7-5-14)11-17-9-8-16-18-12-20(3)19-16/h4-7,12-13,17H,8-11H2,1-3H3. The third kappa shape index (κ3) is 4.78. The molecular formula is C16H24N4. The molecule has 0 fully saturated rings. The highest BCUT2D eigenvalue weighted by Gasteiger charge is 2.00. The van der Waals surface area contributed by atoms with Gasteiger partial charge in [0, 0.05) is 26.6 Å². The Bertz CT molecular complexity index is 514. The van der Waals surface area contributed by atoms with Crippen LogP contribution in [0.1, 0.15) is 30.8 Å². The van der Waals surface area contributed by atoms with Gasteiger partial charge in [-0.15, -0.1) is 0 Å². The Balaban J connectivity index is 1.71. The van der Waals surface area contributed by atoms with Crippen LogP contribution in [0, 0.1) is 5.92 Å². The molecule has 1 aromatic carbocycles. The summed E-state index contributed by atoms with van der Waals surface area (Å²) in [5, 5.41) is 7.69. The van der Waals surface area contributed by atoms with Gasteiger partial charge in [0.05, 0.1) is 0 Å². The maximum Gasteiger partial charge on any atom is 0.151 e. The first-order valence-corrected chi connectivity index (χ1v) is 7.26. The summed E-state index contributed by atoms with van der Waals surface area (Å²) in [6, 6.07) is 8.89. The zero-order valence-corrected chi connectivity index (χ0v) is 12.6. The van der Waals surface area contributed by atoms with Crippen molar-refractivity contribution in [1.82, 2.24) is 20.1 Å². The van der Waals surface area contributed by atoms with Gasteiger partial charge in [-0.25, -0.2) is 4.98 Å². The second kappa shape index (κ2) is 7.20. The Kier molecular flexibility index (Phi) is 5.30. The minimum absolute atomic E-state index is 0.713. The molecule has 0 aliphatic carbocycles. The third-order valence-electron chi connectivity index (χ3n) is 3.17. The molecule has 0 aliphatic rings. The highest BCUT2D eigenvalue weighted by Crippen LogP contribution is 2.09. The highest BCUT2D eigenvalue weighted by molar-refractivity contribution is 5.22. The molecule has 108 valence electrons. The van der Waals surface area contributed by atoms with Gasteiger partial charge in [0.1, 0.15) is 6.33 Å². The zero-order valence-electron chi connectivity index (χ0n) is 12.6. The summed E-state index contributed by atoms with van der Waals surface area (Å²) in [6.45, 7) is 6.30. The monoisotopic (exact) mass is 272 g/mol. The van der Waals surface area contributed by atoms with E-state index in [0.717, 1.165) is 31.8 Å². The van der Waals surface area contributed by atoms with Crippen molar-refractivity contribution >= 4 is 0 Å². The average molecular weight is 272 g/mol. The normalized spacial score (nSPS) is 11.2. The van der Waals surface area contributed by atoms with E-state index in [1.807, 2.05) is 7.05 Å². The summed E-state index contributed by atoms with van der Waals surface area (Å²) in [4.78, 5) is 4.21. The first-order chi connectivity index (χ1) is 9.63. The Morgan fingerprint density at radius 2 is 1.85 bits per heavy atom. The summed E-state index contributed by atoms with van der Waals surface area (Å²) >= 11 is 0. The van der Waals surface area contributed by atoms with Gasteiger partial charge >= 0.3 is 0 Å². The molecule has 0 radical (unpaired) electrons. The molecule has 0 atom stereocenters. The van der Waals surface area contributed by atoms with Crippen LogP contribution in [0.25, 0.3) is 0 Å². The summed E-state index contributed by atoms with van der Waals surface area (Å²) in [6.07, 6.45) is 3.76. The van der Waals surface area contributed by atoms with E-state index in [4.69, 9.17) is 0 Å². The quantitative estimate of drug-likeness (QED) is 0.787. The molecule has 2 aromatic rings. The van der Waals surface area contributed by atoms with Crippen LogP contribution in [-0.2, 0) is 26.4 Å². The number of aryl methyl sites for hydroxylation is 1. The number of benzene rings is 1. The first-order valence-electron chi connectivity index (χ1n) is 7.26. The molecule has 0 amide bonds. The van der Waals surface area contributed by atoms with Crippen molar-refractivity contribution in [3.8, 4) is 0 Å². The molecule has 0 bridgehead atoms. The molecule has 4 heteroatoms. The SMILES string of the molecule is CC(C)Cc1ccc(CNCCc2ncn(C)n2)cc1. The number of rotatable bonds is 7. The predicted octanol–water partition coefficient (Wildman–Crippen LogP) is 2.35. The van der Waals surface area contributed by atoms with E-state index in [-0.39, 0.29) is 0 Å². The van der Waals surface area contributed by atoms with E-state index in [2.05, 4.69) is 53.5 Å². The van der Waals surface area contributed by atoms with E-state index in [0.29, 0.717) is 5.92 Å². The van der Waals surface area contributed by atoms with E-state index in [9.17, 15) is 0 Å². The molecule has 0 aliphatic heterocycles. The summed E-state index contributed by atoms with van der Waals surface area (Å²) < 4.78 is 1.74. The number of hydrogen-bond acceptors (Lipinski definition) is 3. The molecule has 0 unspecified atom stereocenters. The molecule has 1 heterocycles. The fourth-order valence-corrected chi connectivity index (χ4v) is 2.20. The van der Waals surface area contributed by atoms with Crippen LogP contribution in [0.5, 0.6) is 0 Å². The highest BCUT2D eigenvalue weighted by atomic mass is 15.3. The van der Waals surface area contributed by atoms with Crippen molar-refractivity contribution < 1.29 is 0 Å². The number of nitrogens with one attached hydrogen (secondary N) is 1. The lowest BCUT2D eigenvalue weighted by molar-refractivity contribution is 0.645. The van der Waals surface area contributed by atoms with Gasteiger partial charge in [0.25, 0.3) is 0 Å². The van der Waals surface area contributed by atoms with Crippen LogP contribution in [-0.4, -0.2) is 21.3 Å². The van der Waals surface area contributed by atoms with Crippen molar-refractivity contribution in [2.24, 2.45) is 13.0 Å². The van der Waals surface area contributed by atoms with Crippen molar-refractivity contribution in [2.75, 3.05) is 6.54 Å². The Morgan fingerprint density at radius 1 is 1.15 bits per heavy atom. The summed E-state index contributed by atoms with van der Waals surface area (Å²) in [5.74, 6) is 1.61. The van der Waals surface area contributed by atoms with Gasteiger partial charge in [-0.05, 0) is 23.5 Å². The zero-order chi connectivity index (χ0) is 14.4. The van der Waals surface area contributed by atoms with Crippen LogP contribution in [0.3, 0.4) is 0 Å². The number of nitrogens with zero attached hydrogens (tertiary/aromatic N) is 3. The molecule has 0 saturated heterocycles. The van der Waals surface area contributed by atoms with Crippen molar-refractivity contribution in [2.45, 2.75) is 33.2 Å². The number of aromatic nitrogens is 3. The first kappa shape index (κ1) is 14.7. The van der Waals surface area contributed by atoms with Crippen LogP contribution in [0.4, 0.5) is 0 Å². The maximum atomic E-state index is 4.26. The smallest absolute Gasteiger partial charge is 0.151 e. The van der Waals surface area contributed by atoms with E-state index < -0.39 is 0 Å².